The number of aromatic nitrogens is 8. The summed E-state index contributed by atoms with van der Waals surface area (Å²) in [6.45, 7) is 14.5. The van der Waals surface area contributed by atoms with Gasteiger partial charge in [-0.05, 0) is 141 Å². The number of hydrogen-bond donors (Lipinski definition) is 2. The Morgan fingerprint density at radius 2 is 1.31 bits per heavy atom. The van der Waals surface area contributed by atoms with Gasteiger partial charge < -0.3 is 20.1 Å². The first-order chi connectivity index (χ1) is 32.4. The molecule has 0 spiro atoms. The molecule has 2 unspecified atom stereocenters. The topological polar surface area (TPSA) is 211 Å². The second-order valence-electron chi connectivity index (χ2n) is 18.4. The van der Waals surface area contributed by atoms with Gasteiger partial charge in [-0.2, -0.15) is 20.7 Å². The number of rotatable bonds is 11. The van der Waals surface area contributed by atoms with Crippen LogP contribution in [0.15, 0.2) is 109 Å². The fraction of sp³-hybridized carbons (Fsp3) is 0.269. The van der Waals surface area contributed by atoms with E-state index < -0.39 is 35.5 Å². The minimum atomic E-state index is -0.742. The molecule has 6 aromatic heterocycles. The summed E-state index contributed by atoms with van der Waals surface area (Å²) in [5.74, 6) is 1.16. The molecule has 16 heteroatoms. The monoisotopic (exact) mass is 906 g/mol. The van der Waals surface area contributed by atoms with Crippen LogP contribution in [-0.4, -0.2) is 62.9 Å². The molecular weight excluding hydrogens is 857 g/mol. The molecular formula is C52H50N12O4. The Kier molecular flexibility index (Phi) is 12.7. The second-order valence-corrected chi connectivity index (χ2v) is 18.4. The van der Waals surface area contributed by atoms with E-state index in [4.69, 9.17) is 29.5 Å². The molecule has 2 atom stereocenters. The maximum absolute atomic E-state index is 13.3. The normalized spacial score (nSPS) is 12.5. The summed E-state index contributed by atoms with van der Waals surface area (Å²) in [4.78, 5) is 45.3. The number of aryl methyl sites for hydroxylation is 2. The highest BCUT2D eigenvalue weighted by Crippen LogP contribution is 2.31. The van der Waals surface area contributed by atoms with Crippen LogP contribution in [0, 0.1) is 29.6 Å². The van der Waals surface area contributed by atoms with Crippen molar-refractivity contribution < 1.29 is 19.1 Å². The molecule has 16 nitrogen and oxygen atoms in total. The highest BCUT2D eigenvalue weighted by Gasteiger charge is 2.24. The molecule has 68 heavy (non-hydrogen) atoms. The molecule has 0 saturated carbocycles. The summed E-state index contributed by atoms with van der Waals surface area (Å²) in [6.07, 6.45) is 3.13. The van der Waals surface area contributed by atoms with E-state index in [2.05, 4.69) is 32.9 Å². The number of hydrogen-bond acceptors (Lipinski definition) is 12. The van der Waals surface area contributed by atoms with Gasteiger partial charge in [0.1, 0.15) is 11.2 Å². The zero-order chi connectivity index (χ0) is 48.3. The van der Waals surface area contributed by atoms with Crippen LogP contribution in [0.4, 0.5) is 9.59 Å². The van der Waals surface area contributed by atoms with Crippen molar-refractivity contribution in [3.63, 3.8) is 0 Å². The Morgan fingerprint density at radius 3 is 1.99 bits per heavy atom. The lowest BCUT2D eigenvalue weighted by atomic mass is 10.0. The van der Waals surface area contributed by atoms with Gasteiger partial charge in [0.25, 0.3) is 0 Å². The van der Waals surface area contributed by atoms with Gasteiger partial charge in [-0.25, -0.2) is 28.9 Å². The molecule has 0 fully saturated rings. The quantitative estimate of drug-likeness (QED) is 0.124. The largest absolute Gasteiger partial charge is 0.444 e. The van der Waals surface area contributed by atoms with Crippen molar-refractivity contribution in [2.24, 2.45) is 0 Å². The Balaban J connectivity index is 1.07. The molecule has 0 saturated heterocycles. The second kappa shape index (κ2) is 18.8. The number of amides is 2. The third-order valence-electron chi connectivity index (χ3n) is 10.7. The minimum absolute atomic E-state index is 0.397. The van der Waals surface area contributed by atoms with Crippen molar-refractivity contribution in [1.82, 2.24) is 50.1 Å². The molecule has 2 N–H and O–H groups in total. The van der Waals surface area contributed by atoms with E-state index in [9.17, 15) is 20.1 Å². The van der Waals surface area contributed by atoms with Gasteiger partial charge in [-0.1, -0.05) is 24.3 Å². The van der Waals surface area contributed by atoms with Gasteiger partial charge in [0, 0.05) is 39.5 Å². The van der Waals surface area contributed by atoms with E-state index in [1.165, 1.54) is 0 Å². The molecule has 342 valence electrons. The number of carbonyl (C=O) groups excluding carboxylic acids is 2. The standard InChI is InChI=1S/C52H50N12O4/c1-31-13-9-19-47(56-31)63-30-39-36(28-54)23-33(25-45(39)62-63)41-17-12-18-43(60-41)44(61-50(66)68-52(6,7)8)22-21-37-14-10-20-48(58-37)64-46-26-34(24-35(27-53)38(46)29-55-64)42-16-11-15-40(59-42)32(2)57-49(65)67-51(3,4)5/h9-20,23-26,29-30,32,44H,21-22H2,1-8H3,(H,57,65)(H,61,66). The van der Waals surface area contributed by atoms with Crippen LogP contribution in [0.1, 0.15) is 101 Å². The van der Waals surface area contributed by atoms with Gasteiger partial charge >= 0.3 is 12.2 Å². The summed E-state index contributed by atoms with van der Waals surface area (Å²) in [5, 5.41) is 37.1. The third kappa shape index (κ3) is 10.6. The fourth-order valence-electron chi connectivity index (χ4n) is 7.67. The minimum Gasteiger partial charge on any atom is -0.444 e. The number of ether oxygens (including phenoxy) is 2. The van der Waals surface area contributed by atoms with Crippen molar-refractivity contribution in [2.45, 2.75) is 91.5 Å². The van der Waals surface area contributed by atoms with Crippen LogP contribution in [0.2, 0.25) is 0 Å². The van der Waals surface area contributed by atoms with E-state index in [1.807, 2.05) is 98.8 Å². The summed E-state index contributed by atoms with van der Waals surface area (Å²) in [5.41, 5.74) is 6.05. The number of alkyl carbamates (subject to hydrolysis) is 2. The molecule has 8 aromatic rings. The predicted molar refractivity (Wildman–Crippen MR) is 257 cm³/mol. The number of fused-ring (bicyclic) bond motifs is 2. The lowest BCUT2D eigenvalue weighted by Crippen LogP contribution is -2.35. The molecule has 0 aliphatic carbocycles. The van der Waals surface area contributed by atoms with Gasteiger partial charge in [-0.3, -0.25) is 9.97 Å². The number of nitrogens with zero attached hydrogens (tertiary/aromatic N) is 10. The van der Waals surface area contributed by atoms with E-state index in [0.29, 0.717) is 91.3 Å². The average molecular weight is 907 g/mol. The van der Waals surface area contributed by atoms with Crippen molar-refractivity contribution in [2.75, 3.05) is 0 Å². The Bertz CT molecular complexity index is 3290. The number of pyridine rings is 4. The Labute approximate surface area is 393 Å². The zero-order valence-electron chi connectivity index (χ0n) is 39.1. The van der Waals surface area contributed by atoms with Gasteiger partial charge in [0.15, 0.2) is 11.6 Å². The van der Waals surface area contributed by atoms with Gasteiger partial charge in [0.2, 0.25) is 0 Å². The average Bonchev–Trinajstić information content (AvgIpc) is 3.94. The number of nitriles is 2. The predicted octanol–water partition coefficient (Wildman–Crippen LogP) is 10.1. The van der Waals surface area contributed by atoms with E-state index in [1.54, 1.807) is 75.4 Å². The molecule has 0 bridgehead atoms. The van der Waals surface area contributed by atoms with Crippen LogP contribution in [0.25, 0.3) is 56.0 Å². The highest BCUT2D eigenvalue weighted by molar-refractivity contribution is 5.91. The number of benzene rings is 2. The summed E-state index contributed by atoms with van der Waals surface area (Å²) >= 11 is 0. The zero-order valence-corrected chi connectivity index (χ0v) is 39.1. The molecule has 8 rings (SSSR count). The van der Waals surface area contributed by atoms with Gasteiger partial charge in [-0.15, -0.1) is 0 Å². The molecule has 0 aliphatic rings. The maximum atomic E-state index is 13.3. The van der Waals surface area contributed by atoms with E-state index >= 15 is 0 Å². The fourth-order valence-corrected chi connectivity index (χ4v) is 7.67. The number of carbonyl (C=O) groups is 2. The van der Waals surface area contributed by atoms with Crippen molar-refractivity contribution in [1.29, 1.82) is 10.5 Å². The van der Waals surface area contributed by atoms with E-state index in [-0.39, 0.29) is 0 Å². The first-order valence-corrected chi connectivity index (χ1v) is 22.1. The maximum Gasteiger partial charge on any atom is 0.408 e. The number of nitrogens with one attached hydrogen (secondary N) is 2. The molecule has 2 aromatic carbocycles. The summed E-state index contributed by atoms with van der Waals surface area (Å²) < 4.78 is 14.5. The van der Waals surface area contributed by atoms with Crippen molar-refractivity contribution >= 4 is 34.0 Å². The van der Waals surface area contributed by atoms with Gasteiger partial charge in [0.05, 0.1) is 75.4 Å². The van der Waals surface area contributed by atoms with Crippen LogP contribution < -0.4 is 10.6 Å². The van der Waals surface area contributed by atoms with Crippen LogP contribution in [-0.2, 0) is 15.9 Å². The van der Waals surface area contributed by atoms with E-state index in [0.717, 1.165) is 11.4 Å². The van der Waals surface area contributed by atoms with Crippen LogP contribution >= 0.6 is 0 Å². The Morgan fingerprint density at radius 1 is 0.706 bits per heavy atom. The first-order valence-electron chi connectivity index (χ1n) is 22.1. The molecule has 2 amide bonds. The summed E-state index contributed by atoms with van der Waals surface area (Å²) in [7, 11) is 0. The molecule has 0 radical (unpaired) electrons. The molecule has 6 heterocycles. The smallest absolute Gasteiger partial charge is 0.408 e. The third-order valence-corrected chi connectivity index (χ3v) is 10.7. The first kappa shape index (κ1) is 46.0. The van der Waals surface area contributed by atoms with Crippen LogP contribution in [0.3, 0.4) is 0 Å². The lowest BCUT2D eigenvalue weighted by Gasteiger charge is -2.24. The summed E-state index contributed by atoms with van der Waals surface area (Å²) in [6, 6.07) is 33.3. The highest BCUT2D eigenvalue weighted by atomic mass is 16.6. The Hall–Kier alpha value is -8.50. The van der Waals surface area contributed by atoms with Crippen molar-refractivity contribution in [3.05, 3.63) is 143 Å². The van der Waals surface area contributed by atoms with Crippen molar-refractivity contribution in [3.8, 4) is 46.3 Å². The SMILES string of the molecule is Cc1cccc(-n2cc3c(C#N)cc(-c4cccc(C(CCc5cccc(-n6ncc7c(C#N)cc(-c8cccc(C(C)NC(=O)OC(C)(C)C)n8)cc76)n5)NC(=O)OC(C)(C)C)n4)cc3n2)n1. The molecule has 0 aliphatic heterocycles. The lowest BCUT2D eigenvalue weighted by molar-refractivity contribution is 0.0491. The van der Waals surface area contributed by atoms with Crippen LogP contribution in [0.5, 0.6) is 0 Å².